The molecule has 1 amide bonds. The molecule has 2 aliphatic heterocycles. The molecule has 0 unspecified atom stereocenters. The van der Waals surface area contributed by atoms with E-state index >= 15 is 4.39 Å². The first-order valence-corrected chi connectivity index (χ1v) is 11.8. The van der Waals surface area contributed by atoms with Crippen molar-refractivity contribution in [3.63, 3.8) is 0 Å². The molecule has 2 fully saturated rings. The zero-order valence-corrected chi connectivity index (χ0v) is 18.8. The Hall–Kier alpha value is -3.14. The fourth-order valence-electron chi connectivity index (χ4n) is 6.10. The molecule has 0 radical (unpaired) electrons. The summed E-state index contributed by atoms with van der Waals surface area (Å²) in [4.78, 5) is 22.4. The van der Waals surface area contributed by atoms with Crippen molar-refractivity contribution in [2.45, 2.75) is 37.5 Å². The number of carbonyl (C=O) groups excluding carboxylic acids is 1. The molecule has 1 aliphatic carbocycles. The molecule has 0 bridgehead atoms. The molecule has 2 saturated heterocycles. The quantitative estimate of drug-likeness (QED) is 0.534. The van der Waals surface area contributed by atoms with Crippen molar-refractivity contribution in [1.82, 2.24) is 20.2 Å². The minimum absolute atomic E-state index is 0.0413. The normalized spacial score (nSPS) is 22.5. The van der Waals surface area contributed by atoms with Crippen LogP contribution in [0.15, 0.2) is 30.5 Å². The molecule has 0 spiro atoms. The number of fused-ring (bicyclic) bond motifs is 5. The molecule has 2 aromatic heterocycles. The van der Waals surface area contributed by atoms with E-state index in [1.165, 1.54) is 29.6 Å². The van der Waals surface area contributed by atoms with E-state index in [1.807, 2.05) is 0 Å². The van der Waals surface area contributed by atoms with Crippen LogP contribution in [0, 0.1) is 11.7 Å². The van der Waals surface area contributed by atoms with Gasteiger partial charge in [-0.25, -0.2) is 9.37 Å². The van der Waals surface area contributed by atoms with E-state index in [4.69, 9.17) is 0 Å². The summed E-state index contributed by atoms with van der Waals surface area (Å²) in [5.74, 6) is -0.0798. The Morgan fingerprint density at radius 2 is 1.83 bits per heavy atom. The maximum Gasteiger partial charge on any atom is 0.573 e. The number of rotatable bonds is 3. The molecular formula is C25H24F4N4O2. The Kier molecular flexibility index (Phi) is 5.24. The molecule has 0 saturated carbocycles. The lowest BCUT2D eigenvalue weighted by Crippen LogP contribution is -2.38. The van der Waals surface area contributed by atoms with Gasteiger partial charge in [0.05, 0.1) is 6.20 Å². The van der Waals surface area contributed by atoms with Gasteiger partial charge in [-0.3, -0.25) is 4.79 Å². The van der Waals surface area contributed by atoms with Crippen LogP contribution in [0.4, 0.5) is 17.6 Å². The van der Waals surface area contributed by atoms with E-state index in [1.54, 1.807) is 4.90 Å². The zero-order chi connectivity index (χ0) is 24.3. The van der Waals surface area contributed by atoms with Crippen molar-refractivity contribution in [2.75, 3.05) is 26.2 Å². The summed E-state index contributed by atoms with van der Waals surface area (Å²) in [5, 5.41) is 4.36. The predicted octanol–water partition coefficient (Wildman–Crippen LogP) is 4.48. The van der Waals surface area contributed by atoms with Gasteiger partial charge in [-0.2, -0.15) is 0 Å². The number of pyridine rings is 1. The molecule has 1 aromatic carbocycles. The number of aromatic nitrogens is 2. The number of nitrogens with zero attached hydrogens (tertiary/aromatic N) is 2. The average Bonchev–Trinajstić information content (AvgIpc) is 3.49. The smallest absolute Gasteiger partial charge is 0.406 e. The number of likely N-dealkylation sites (tertiary alicyclic amines) is 1. The SMILES string of the molecule is O=C(c1ccc(OC(F)(F)F)cc1)N1CCC(c2c(F)cnc3[nH]c4c(c23)[C@@H]2CNC[C@@H]2C4)CC1. The first kappa shape index (κ1) is 22.3. The fraction of sp³-hybridized carbons (Fsp3) is 0.440. The van der Waals surface area contributed by atoms with Crippen LogP contribution in [-0.4, -0.2) is 53.3 Å². The number of piperidine rings is 1. The number of benzene rings is 1. The van der Waals surface area contributed by atoms with Crippen LogP contribution >= 0.6 is 0 Å². The van der Waals surface area contributed by atoms with Gasteiger partial charge in [0.1, 0.15) is 17.2 Å². The number of amides is 1. The summed E-state index contributed by atoms with van der Waals surface area (Å²) in [5.41, 5.74) is 4.09. The molecular weight excluding hydrogens is 464 g/mol. The largest absolute Gasteiger partial charge is 0.573 e. The second-order valence-electron chi connectivity index (χ2n) is 9.63. The minimum Gasteiger partial charge on any atom is -0.406 e. The van der Waals surface area contributed by atoms with E-state index in [2.05, 4.69) is 20.0 Å². The van der Waals surface area contributed by atoms with Crippen LogP contribution in [0.1, 0.15) is 51.9 Å². The first-order valence-electron chi connectivity index (χ1n) is 11.8. The predicted molar refractivity (Wildman–Crippen MR) is 120 cm³/mol. The average molecular weight is 488 g/mol. The number of nitrogens with one attached hydrogen (secondary N) is 2. The third-order valence-corrected chi connectivity index (χ3v) is 7.64. The lowest BCUT2D eigenvalue weighted by Gasteiger charge is -2.33. The van der Waals surface area contributed by atoms with E-state index in [9.17, 15) is 18.0 Å². The van der Waals surface area contributed by atoms with Crippen LogP contribution < -0.4 is 10.1 Å². The number of aromatic amines is 1. The van der Waals surface area contributed by atoms with Gasteiger partial charge in [0.15, 0.2) is 0 Å². The topological polar surface area (TPSA) is 70.2 Å². The third-order valence-electron chi connectivity index (χ3n) is 7.64. The molecule has 6 nitrogen and oxygen atoms in total. The van der Waals surface area contributed by atoms with E-state index in [0.717, 1.165) is 42.7 Å². The highest BCUT2D eigenvalue weighted by Crippen LogP contribution is 2.47. The number of carbonyl (C=O) groups is 1. The van der Waals surface area contributed by atoms with Crippen molar-refractivity contribution < 1.29 is 27.1 Å². The third kappa shape index (κ3) is 3.93. The number of halogens is 4. The summed E-state index contributed by atoms with van der Waals surface area (Å²) in [6, 6.07) is 4.93. The van der Waals surface area contributed by atoms with Gasteiger partial charge in [0.25, 0.3) is 5.91 Å². The standard InChI is InChI=1S/C25H24F4N4O2/c26-18-12-31-23-22(21-17-11-30-10-15(17)9-19(21)32-23)20(18)13-5-7-33(8-6-13)24(34)14-1-3-16(4-2-14)35-25(27,28)29/h1-4,12-13,15,17,30H,5-11H2,(H,31,32)/t15-,17+/m0/s1. The van der Waals surface area contributed by atoms with E-state index in [-0.39, 0.29) is 23.4 Å². The second-order valence-corrected chi connectivity index (χ2v) is 9.63. The number of H-pyrrole nitrogens is 1. The van der Waals surface area contributed by atoms with Crippen molar-refractivity contribution in [3.8, 4) is 5.75 Å². The van der Waals surface area contributed by atoms with Crippen LogP contribution in [0.3, 0.4) is 0 Å². The number of hydrogen-bond donors (Lipinski definition) is 2. The minimum atomic E-state index is -4.78. The molecule has 4 heterocycles. The van der Waals surface area contributed by atoms with Gasteiger partial charge in [-0.15, -0.1) is 13.2 Å². The maximum absolute atomic E-state index is 15.2. The van der Waals surface area contributed by atoms with Gasteiger partial charge in [-0.05, 0) is 67.5 Å². The summed E-state index contributed by atoms with van der Waals surface area (Å²) < 4.78 is 56.2. The van der Waals surface area contributed by atoms with Gasteiger partial charge >= 0.3 is 6.36 Å². The summed E-state index contributed by atoms with van der Waals surface area (Å²) in [7, 11) is 0. The highest BCUT2D eigenvalue weighted by molar-refractivity contribution is 5.94. The summed E-state index contributed by atoms with van der Waals surface area (Å²) >= 11 is 0. The molecule has 3 aliphatic rings. The Balaban J connectivity index is 1.20. The van der Waals surface area contributed by atoms with Crippen LogP contribution in [-0.2, 0) is 6.42 Å². The van der Waals surface area contributed by atoms with Gasteiger partial charge in [0.2, 0.25) is 0 Å². The Bertz CT molecular complexity index is 1280. The first-order chi connectivity index (χ1) is 16.8. The Morgan fingerprint density at radius 3 is 2.54 bits per heavy atom. The van der Waals surface area contributed by atoms with Gasteiger partial charge in [0, 0.05) is 47.8 Å². The Labute approximate surface area is 198 Å². The van der Waals surface area contributed by atoms with Crippen molar-refractivity contribution in [1.29, 1.82) is 0 Å². The highest BCUT2D eigenvalue weighted by Gasteiger charge is 2.40. The molecule has 2 atom stereocenters. The molecule has 2 N–H and O–H groups in total. The van der Waals surface area contributed by atoms with Gasteiger partial charge in [-0.1, -0.05) is 0 Å². The number of hydrogen-bond acceptors (Lipinski definition) is 4. The lowest BCUT2D eigenvalue weighted by atomic mass is 9.85. The van der Waals surface area contributed by atoms with Crippen molar-refractivity contribution in [3.05, 3.63) is 58.7 Å². The fourth-order valence-corrected chi connectivity index (χ4v) is 6.10. The van der Waals surface area contributed by atoms with Crippen LogP contribution in [0.25, 0.3) is 11.0 Å². The molecule has 10 heteroatoms. The summed E-state index contributed by atoms with van der Waals surface area (Å²) in [6.45, 7) is 2.73. The molecule has 35 heavy (non-hydrogen) atoms. The van der Waals surface area contributed by atoms with Gasteiger partial charge < -0.3 is 19.9 Å². The monoisotopic (exact) mass is 488 g/mol. The van der Waals surface area contributed by atoms with Crippen molar-refractivity contribution >= 4 is 16.9 Å². The molecule has 6 rings (SSSR count). The molecule has 184 valence electrons. The summed E-state index contributed by atoms with van der Waals surface area (Å²) in [6.07, 6.45) is -1.34. The highest BCUT2D eigenvalue weighted by atomic mass is 19.4. The number of alkyl halides is 3. The van der Waals surface area contributed by atoms with Crippen molar-refractivity contribution in [2.24, 2.45) is 5.92 Å². The van der Waals surface area contributed by atoms with Crippen LogP contribution in [0.5, 0.6) is 5.75 Å². The maximum atomic E-state index is 15.2. The van der Waals surface area contributed by atoms with E-state index < -0.39 is 6.36 Å². The Morgan fingerprint density at radius 1 is 1.09 bits per heavy atom. The zero-order valence-electron chi connectivity index (χ0n) is 18.8. The van der Waals surface area contributed by atoms with Crippen LogP contribution in [0.2, 0.25) is 0 Å². The number of ether oxygens (including phenoxy) is 1. The van der Waals surface area contributed by atoms with E-state index in [0.29, 0.717) is 48.9 Å². The lowest BCUT2D eigenvalue weighted by molar-refractivity contribution is -0.274. The second kappa shape index (κ2) is 8.22. The molecule has 3 aromatic rings.